The summed E-state index contributed by atoms with van der Waals surface area (Å²) in [6.45, 7) is 0. The molecule has 2 heteroatoms. The fraction of sp³-hybridized carbons (Fsp3) is 0.100. The molecule has 0 aliphatic heterocycles. The van der Waals surface area contributed by atoms with Crippen LogP contribution in [0.3, 0.4) is 0 Å². The van der Waals surface area contributed by atoms with Gasteiger partial charge in [-0.05, 0) is 30.7 Å². The zero-order chi connectivity index (χ0) is 8.81. The maximum Gasteiger partial charge on any atom is 0.150 e. The molecule has 2 rings (SSSR count). The molecule has 0 bridgehead atoms. The highest BCUT2D eigenvalue weighted by molar-refractivity contribution is 5.74. The molecule has 0 unspecified atom stereocenters. The first-order chi connectivity index (χ1) is 5.83. The molecule has 1 aromatic carbocycles. The van der Waals surface area contributed by atoms with Crippen molar-refractivity contribution in [1.82, 2.24) is 0 Å². The number of aldehydes is 1. The minimum atomic E-state index is 0.181. The molecule has 12 heavy (non-hydrogen) atoms. The Morgan fingerprint density at radius 2 is 1.67 bits per heavy atom. The van der Waals surface area contributed by atoms with Gasteiger partial charge in [0.15, 0.2) is 0 Å². The molecule has 2 nitrogen and oxygen atoms in total. The monoisotopic (exact) mass is 162 g/mol. The summed E-state index contributed by atoms with van der Waals surface area (Å²) in [6, 6.07) is 6.07. The number of aromatic hydroxyl groups is 1. The average Bonchev–Trinajstić information content (AvgIpc) is 2.92. The van der Waals surface area contributed by atoms with Crippen LogP contribution in [0.5, 0.6) is 5.75 Å². The van der Waals surface area contributed by atoms with E-state index in [2.05, 4.69) is 12.2 Å². The summed E-state index contributed by atoms with van der Waals surface area (Å²) < 4.78 is 0. The Morgan fingerprint density at radius 3 is 2.00 bits per heavy atom. The van der Waals surface area contributed by atoms with Gasteiger partial charge in [0.05, 0.1) is 0 Å². The van der Waals surface area contributed by atoms with Gasteiger partial charge in [-0.25, -0.2) is 0 Å². The normalized spacial score (nSPS) is 11.3. The molecule has 1 aliphatic carbocycles. The van der Waals surface area contributed by atoms with Gasteiger partial charge in [0.1, 0.15) is 12.0 Å². The number of rotatable bonds is 1. The van der Waals surface area contributed by atoms with Gasteiger partial charge in [-0.1, -0.05) is 12.2 Å². The van der Waals surface area contributed by atoms with Crippen molar-refractivity contribution in [3.05, 3.63) is 42.0 Å². The molecule has 0 aromatic heterocycles. The quantitative estimate of drug-likeness (QED) is 0.507. The highest BCUT2D eigenvalue weighted by Gasteiger charge is 1.86. The van der Waals surface area contributed by atoms with Gasteiger partial charge in [0, 0.05) is 5.56 Å². The van der Waals surface area contributed by atoms with Crippen molar-refractivity contribution in [2.75, 3.05) is 0 Å². The lowest BCUT2D eigenvalue weighted by Crippen LogP contribution is -1.74. The summed E-state index contributed by atoms with van der Waals surface area (Å²) in [5.41, 5.74) is 0.577. The van der Waals surface area contributed by atoms with E-state index in [4.69, 9.17) is 5.11 Å². The molecule has 0 amide bonds. The third-order valence-corrected chi connectivity index (χ3v) is 1.26. The molecule has 0 spiro atoms. The lowest BCUT2D eigenvalue weighted by molar-refractivity contribution is 0.112. The zero-order valence-corrected chi connectivity index (χ0v) is 6.60. The van der Waals surface area contributed by atoms with Crippen LogP contribution in [0, 0.1) is 0 Å². The van der Waals surface area contributed by atoms with Crippen molar-refractivity contribution >= 4 is 6.29 Å². The lowest BCUT2D eigenvalue weighted by atomic mass is 10.2. The van der Waals surface area contributed by atoms with Crippen LogP contribution in [-0.4, -0.2) is 11.4 Å². The van der Waals surface area contributed by atoms with Gasteiger partial charge in [-0.3, -0.25) is 4.79 Å². The SMILES string of the molecule is C1=CC1.O=Cc1ccc(O)cc1. The largest absolute Gasteiger partial charge is 0.508 e. The predicted octanol–water partition coefficient (Wildman–Crippen LogP) is 2.15. The molecular formula is C10H10O2. The highest BCUT2D eigenvalue weighted by atomic mass is 16.3. The van der Waals surface area contributed by atoms with Crippen molar-refractivity contribution in [2.24, 2.45) is 0 Å². The summed E-state index contributed by atoms with van der Waals surface area (Å²) in [5, 5.41) is 8.74. The molecule has 0 fully saturated rings. The Bertz CT molecular complexity index is 268. The van der Waals surface area contributed by atoms with Crippen molar-refractivity contribution < 1.29 is 9.90 Å². The van der Waals surface area contributed by atoms with E-state index < -0.39 is 0 Å². The zero-order valence-electron chi connectivity index (χ0n) is 6.60. The number of carbonyl (C=O) groups is 1. The van der Waals surface area contributed by atoms with Crippen molar-refractivity contribution in [1.29, 1.82) is 0 Å². The Hall–Kier alpha value is -1.57. The number of carbonyl (C=O) groups excluding carboxylic acids is 1. The number of phenolic OH excluding ortho intramolecular Hbond substituents is 1. The second kappa shape index (κ2) is 4.34. The van der Waals surface area contributed by atoms with E-state index >= 15 is 0 Å². The fourth-order valence-corrected chi connectivity index (χ4v) is 0.553. The van der Waals surface area contributed by atoms with E-state index in [0.29, 0.717) is 5.56 Å². The van der Waals surface area contributed by atoms with Gasteiger partial charge in [0.2, 0.25) is 0 Å². The van der Waals surface area contributed by atoms with E-state index in [1.807, 2.05) is 0 Å². The van der Waals surface area contributed by atoms with Crippen LogP contribution in [-0.2, 0) is 0 Å². The Kier molecular flexibility index (Phi) is 3.08. The van der Waals surface area contributed by atoms with Gasteiger partial charge in [0.25, 0.3) is 0 Å². The molecule has 1 N–H and O–H groups in total. The minimum absolute atomic E-state index is 0.181. The molecule has 62 valence electrons. The first kappa shape index (κ1) is 8.53. The second-order valence-electron chi connectivity index (χ2n) is 2.42. The summed E-state index contributed by atoms with van der Waals surface area (Å²) >= 11 is 0. The average molecular weight is 162 g/mol. The third-order valence-electron chi connectivity index (χ3n) is 1.26. The van der Waals surface area contributed by atoms with E-state index in [1.165, 1.54) is 18.6 Å². The number of phenols is 1. The Balaban J connectivity index is 0.000000200. The Morgan fingerprint density at radius 1 is 1.17 bits per heavy atom. The smallest absolute Gasteiger partial charge is 0.150 e. The number of benzene rings is 1. The Labute approximate surface area is 71.2 Å². The lowest BCUT2D eigenvalue weighted by Gasteiger charge is -1.88. The molecule has 0 saturated heterocycles. The number of hydrogen-bond acceptors (Lipinski definition) is 2. The van der Waals surface area contributed by atoms with Crippen LogP contribution >= 0.6 is 0 Å². The van der Waals surface area contributed by atoms with E-state index in [1.54, 1.807) is 12.1 Å². The first-order valence-corrected chi connectivity index (χ1v) is 3.72. The van der Waals surface area contributed by atoms with Gasteiger partial charge >= 0.3 is 0 Å². The summed E-state index contributed by atoms with van der Waals surface area (Å²) in [6.07, 6.45) is 6.24. The molecule has 0 radical (unpaired) electrons. The van der Waals surface area contributed by atoms with Gasteiger partial charge in [-0.2, -0.15) is 0 Å². The van der Waals surface area contributed by atoms with E-state index in [9.17, 15) is 4.79 Å². The van der Waals surface area contributed by atoms with Crippen LogP contribution in [0.25, 0.3) is 0 Å². The topological polar surface area (TPSA) is 37.3 Å². The van der Waals surface area contributed by atoms with Crippen LogP contribution in [0.15, 0.2) is 36.4 Å². The fourth-order valence-electron chi connectivity index (χ4n) is 0.553. The van der Waals surface area contributed by atoms with Crippen LogP contribution in [0.1, 0.15) is 16.8 Å². The minimum Gasteiger partial charge on any atom is -0.508 e. The van der Waals surface area contributed by atoms with E-state index in [0.717, 1.165) is 6.29 Å². The van der Waals surface area contributed by atoms with Gasteiger partial charge < -0.3 is 5.11 Å². The molecule has 1 aromatic rings. The standard InChI is InChI=1S/C7H6O2.C3H4/c8-5-6-1-3-7(9)4-2-6;1-2-3-1/h1-5,9H;1-2H,3H2. The predicted molar refractivity (Wildman–Crippen MR) is 47.3 cm³/mol. The summed E-state index contributed by atoms with van der Waals surface area (Å²) in [7, 11) is 0. The summed E-state index contributed by atoms with van der Waals surface area (Å²) in [5.74, 6) is 0.181. The van der Waals surface area contributed by atoms with Crippen LogP contribution in [0.4, 0.5) is 0 Å². The number of hydrogen-bond donors (Lipinski definition) is 1. The van der Waals surface area contributed by atoms with E-state index in [-0.39, 0.29) is 5.75 Å². The molecule has 1 aliphatic rings. The van der Waals surface area contributed by atoms with Crippen molar-refractivity contribution in [2.45, 2.75) is 6.42 Å². The highest BCUT2D eigenvalue weighted by Crippen LogP contribution is 2.07. The summed E-state index contributed by atoms with van der Waals surface area (Å²) in [4.78, 5) is 10.0. The van der Waals surface area contributed by atoms with Crippen molar-refractivity contribution in [3.63, 3.8) is 0 Å². The van der Waals surface area contributed by atoms with Gasteiger partial charge in [-0.15, -0.1) is 0 Å². The maximum absolute atomic E-state index is 10.0. The molecule has 0 heterocycles. The molecule has 0 saturated carbocycles. The second-order valence-corrected chi connectivity index (χ2v) is 2.42. The van der Waals surface area contributed by atoms with Crippen molar-refractivity contribution in [3.8, 4) is 5.75 Å². The molecular weight excluding hydrogens is 152 g/mol. The molecule has 0 atom stereocenters. The van der Waals surface area contributed by atoms with Crippen LogP contribution in [0.2, 0.25) is 0 Å². The maximum atomic E-state index is 10.0. The number of allylic oxidation sites excluding steroid dienone is 2. The van der Waals surface area contributed by atoms with Crippen LogP contribution < -0.4 is 0 Å². The first-order valence-electron chi connectivity index (χ1n) is 3.72. The third kappa shape index (κ3) is 3.56.